The molecule has 2 rings (SSSR count). The molecule has 2 saturated heterocycles. The summed E-state index contributed by atoms with van der Waals surface area (Å²) in [4.78, 5) is 23.1. The fourth-order valence-electron chi connectivity index (χ4n) is 2.92. The Kier molecular flexibility index (Phi) is 15.5. The quantitative estimate of drug-likeness (QED) is 0.522. The van der Waals surface area contributed by atoms with Crippen LogP contribution in [0.4, 0.5) is 0 Å². The summed E-state index contributed by atoms with van der Waals surface area (Å²) in [5.41, 5.74) is 5.36. The Morgan fingerprint density at radius 2 is 1.96 bits per heavy atom. The molecule has 0 aromatic rings. The van der Waals surface area contributed by atoms with E-state index in [0.717, 1.165) is 32.2 Å². The average Bonchev–Trinajstić information content (AvgIpc) is 3.08. The summed E-state index contributed by atoms with van der Waals surface area (Å²) >= 11 is 0. The molecule has 0 amide bonds. The highest BCUT2D eigenvalue weighted by Crippen LogP contribution is 2.24. The summed E-state index contributed by atoms with van der Waals surface area (Å²) in [6.45, 7) is 13.0. The number of hydrogen-bond acceptors (Lipinski definition) is 6. The number of ether oxygens (including phenoxy) is 2. The molecule has 152 valence electrons. The zero-order valence-corrected chi connectivity index (χ0v) is 16.9. The molecule has 1 unspecified atom stereocenters. The van der Waals surface area contributed by atoms with E-state index < -0.39 is 0 Å². The van der Waals surface area contributed by atoms with Gasteiger partial charge in [-0.2, -0.15) is 0 Å². The second-order valence-electron chi connectivity index (χ2n) is 6.41. The standard InChI is InChI=1S/C8H19NO2.C8H13NO.C4H6O/c1-3-10-8(11-4-2)6-5-7-9;10-8-3-5-9-4-1-2-7(9)6-8;1-3-4(2)5/h8H,3-7,9H2,1-2H3;7H,1-6H2;3H,1H2,2H3. The summed E-state index contributed by atoms with van der Waals surface area (Å²) in [5.74, 6) is 0.494. The highest BCUT2D eigenvalue weighted by molar-refractivity contribution is 5.86. The first-order chi connectivity index (χ1) is 12.5. The summed E-state index contributed by atoms with van der Waals surface area (Å²) in [7, 11) is 0. The molecule has 0 aromatic heterocycles. The number of fused-ring (bicyclic) bond motifs is 1. The van der Waals surface area contributed by atoms with Crippen molar-refractivity contribution in [2.45, 2.75) is 71.6 Å². The molecule has 2 aliphatic rings. The van der Waals surface area contributed by atoms with Crippen LogP contribution in [0.2, 0.25) is 0 Å². The highest BCUT2D eigenvalue weighted by Gasteiger charge is 2.30. The van der Waals surface area contributed by atoms with Crippen LogP contribution in [0.5, 0.6) is 0 Å². The Hall–Kier alpha value is -1.08. The van der Waals surface area contributed by atoms with Gasteiger partial charge in [0.2, 0.25) is 0 Å². The van der Waals surface area contributed by atoms with E-state index in [9.17, 15) is 9.59 Å². The number of piperidine rings is 1. The average molecular weight is 371 g/mol. The summed E-state index contributed by atoms with van der Waals surface area (Å²) in [6, 6.07) is 0.626. The molecule has 0 saturated carbocycles. The first-order valence-electron chi connectivity index (χ1n) is 9.80. The minimum atomic E-state index is -0.0476. The van der Waals surface area contributed by atoms with E-state index in [1.807, 2.05) is 13.8 Å². The number of rotatable bonds is 8. The topological polar surface area (TPSA) is 81.9 Å². The smallest absolute Gasteiger partial charge is 0.157 e. The highest BCUT2D eigenvalue weighted by atomic mass is 16.7. The number of nitrogens with zero attached hydrogens (tertiary/aromatic N) is 1. The Morgan fingerprint density at radius 3 is 2.46 bits per heavy atom. The molecule has 6 nitrogen and oxygen atoms in total. The van der Waals surface area contributed by atoms with Crippen LogP contribution in [0, 0.1) is 0 Å². The number of hydrogen-bond donors (Lipinski definition) is 1. The lowest BCUT2D eigenvalue weighted by molar-refractivity contribution is -0.139. The number of allylic oxidation sites excluding steroid dienone is 1. The SMILES string of the molecule is C=CC(C)=O.CCOC(CCCN)OCC.O=C1CCN2CCCC2C1. The molecule has 0 bridgehead atoms. The molecular formula is C20H38N2O4. The minimum Gasteiger partial charge on any atom is -0.353 e. The van der Waals surface area contributed by atoms with Gasteiger partial charge in [-0.05, 0) is 65.6 Å². The van der Waals surface area contributed by atoms with Crippen molar-refractivity contribution >= 4 is 11.6 Å². The van der Waals surface area contributed by atoms with Gasteiger partial charge in [0, 0.05) is 38.6 Å². The van der Waals surface area contributed by atoms with Gasteiger partial charge < -0.3 is 15.2 Å². The van der Waals surface area contributed by atoms with Crippen molar-refractivity contribution in [3.63, 3.8) is 0 Å². The van der Waals surface area contributed by atoms with Gasteiger partial charge in [0.05, 0.1) is 0 Å². The van der Waals surface area contributed by atoms with E-state index in [1.54, 1.807) is 0 Å². The number of Topliss-reactive ketones (excluding diaryl/α,β-unsaturated/α-hetero) is 1. The maximum atomic E-state index is 11.0. The zero-order valence-electron chi connectivity index (χ0n) is 16.9. The summed E-state index contributed by atoms with van der Waals surface area (Å²) in [6.07, 6.45) is 7.29. The van der Waals surface area contributed by atoms with Crippen LogP contribution < -0.4 is 5.73 Å². The van der Waals surface area contributed by atoms with E-state index in [2.05, 4.69) is 11.5 Å². The fourth-order valence-corrected chi connectivity index (χ4v) is 2.92. The lowest BCUT2D eigenvalue weighted by Gasteiger charge is -2.27. The van der Waals surface area contributed by atoms with Crippen molar-refractivity contribution in [2.24, 2.45) is 5.73 Å². The van der Waals surface area contributed by atoms with Crippen molar-refractivity contribution < 1.29 is 19.1 Å². The van der Waals surface area contributed by atoms with Crippen LogP contribution in [0.15, 0.2) is 12.7 Å². The largest absolute Gasteiger partial charge is 0.353 e. The van der Waals surface area contributed by atoms with E-state index in [1.165, 1.54) is 32.4 Å². The van der Waals surface area contributed by atoms with Crippen LogP contribution in [-0.2, 0) is 19.1 Å². The first-order valence-corrected chi connectivity index (χ1v) is 9.80. The lowest BCUT2D eigenvalue weighted by Crippen LogP contribution is -2.37. The Morgan fingerprint density at radius 1 is 1.35 bits per heavy atom. The predicted octanol–water partition coefficient (Wildman–Crippen LogP) is 2.70. The molecule has 6 heteroatoms. The molecule has 0 aliphatic carbocycles. The van der Waals surface area contributed by atoms with Crippen molar-refractivity contribution in [1.82, 2.24) is 4.90 Å². The van der Waals surface area contributed by atoms with Crippen LogP contribution in [0.3, 0.4) is 0 Å². The predicted molar refractivity (Wildman–Crippen MR) is 105 cm³/mol. The Labute approximate surface area is 159 Å². The molecular weight excluding hydrogens is 332 g/mol. The second kappa shape index (κ2) is 16.1. The third-order valence-electron chi connectivity index (χ3n) is 4.28. The molecule has 0 radical (unpaired) electrons. The van der Waals surface area contributed by atoms with E-state index in [0.29, 0.717) is 31.6 Å². The molecule has 1 atom stereocenters. The van der Waals surface area contributed by atoms with Crippen molar-refractivity contribution in [3.8, 4) is 0 Å². The van der Waals surface area contributed by atoms with Gasteiger partial charge in [0.1, 0.15) is 5.78 Å². The number of carbonyl (C=O) groups excluding carboxylic acids is 2. The first kappa shape index (κ1) is 24.9. The number of nitrogens with two attached hydrogens (primary N) is 1. The van der Waals surface area contributed by atoms with E-state index in [4.69, 9.17) is 15.2 Å². The van der Waals surface area contributed by atoms with Crippen LogP contribution in [0.25, 0.3) is 0 Å². The maximum absolute atomic E-state index is 11.0. The normalized spacial score (nSPS) is 19.1. The third-order valence-corrected chi connectivity index (χ3v) is 4.28. The monoisotopic (exact) mass is 370 g/mol. The summed E-state index contributed by atoms with van der Waals surface area (Å²) < 4.78 is 10.6. The third kappa shape index (κ3) is 12.3. The molecule has 0 aromatic carbocycles. The van der Waals surface area contributed by atoms with Crippen molar-refractivity contribution in [2.75, 3.05) is 32.8 Å². The van der Waals surface area contributed by atoms with E-state index in [-0.39, 0.29) is 12.1 Å². The van der Waals surface area contributed by atoms with Gasteiger partial charge >= 0.3 is 0 Å². The zero-order chi connectivity index (χ0) is 19.8. The molecule has 0 spiro atoms. The molecule has 2 fully saturated rings. The maximum Gasteiger partial charge on any atom is 0.157 e. The van der Waals surface area contributed by atoms with Gasteiger partial charge in [-0.15, -0.1) is 0 Å². The minimum absolute atomic E-state index is 0.0185. The molecule has 2 heterocycles. The van der Waals surface area contributed by atoms with E-state index >= 15 is 0 Å². The van der Waals surface area contributed by atoms with Crippen LogP contribution in [-0.4, -0.2) is 61.6 Å². The van der Waals surface area contributed by atoms with Crippen LogP contribution >= 0.6 is 0 Å². The number of carbonyl (C=O) groups is 2. The molecule has 2 N–H and O–H groups in total. The second-order valence-corrected chi connectivity index (χ2v) is 6.41. The van der Waals surface area contributed by atoms with Gasteiger partial charge in [0.15, 0.2) is 12.1 Å². The Balaban J connectivity index is 0.000000386. The van der Waals surface area contributed by atoms with Gasteiger partial charge in [-0.1, -0.05) is 6.58 Å². The van der Waals surface area contributed by atoms with Gasteiger partial charge in [-0.3, -0.25) is 14.5 Å². The van der Waals surface area contributed by atoms with Gasteiger partial charge in [0.25, 0.3) is 0 Å². The van der Waals surface area contributed by atoms with Gasteiger partial charge in [-0.25, -0.2) is 0 Å². The fraction of sp³-hybridized carbons (Fsp3) is 0.800. The van der Waals surface area contributed by atoms with Crippen LogP contribution in [0.1, 0.15) is 59.3 Å². The lowest BCUT2D eigenvalue weighted by atomic mass is 10.0. The molecule has 2 aliphatic heterocycles. The Bertz CT molecular complexity index is 395. The van der Waals surface area contributed by atoms with Crippen molar-refractivity contribution in [1.29, 1.82) is 0 Å². The van der Waals surface area contributed by atoms with Crippen molar-refractivity contribution in [3.05, 3.63) is 12.7 Å². The summed E-state index contributed by atoms with van der Waals surface area (Å²) in [5, 5.41) is 0. The number of ketones is 2. The molecule has 26 heavy (non-hydrogen) atoms.